The lowest BCUT2D eigenvalue weighted by atomic mass is 10.3. The van der Waals surface area contributed by atoms with Crippen molar-refractivity contribution in [2.75, 3.05) is 33.3 Å². The molecule has 2 rings (SSSR count). The van der Waals surface area contributed by atoms with Crippen molar-refractivity contribution in [3.05, 3.63) is 0 Å². The van der Waals surface area contributed by atoms with E-state index in [0.29, 0.717) is 6.10 Å². The van der Waals surface area contributed by atoms with Crippen LogP contribution >= 0.6 is 0 Å². The fourth-order valence-corrected chi connectivity index (χ4v) is 1.58. The minimum atomic E-state index is 0.421. The quantitative estimate of drug-likeness (QED) is 0.804. The molecule has 0 aromatic heterocycles. The zero-order valence-corrected chi connectivity index (χ0v) is 11.8. The summed E-state index contributed by atoms with van der Waals surface area (Å²) in [6.07, 6.45) is 3.15. The van der Waals surface area contributed by atoms with E-state index in [1.54, 1.807) is 0 Å². The second-order valence-corrected chi connectivity index (χ2v) is 3.94. The van der Waals surface area contributed by atoms with Crippen LogP contribution < -0.4 is 5.32 Å². The number of nitrogens with one attached hydrogen (secondary N) is 1. The largest absolute Gasteiger partial charge is 0.374 e. The second-order valence-electron chi connectivity index (χ2n) is 3.94. The summed E-state index contributed by atoms with van der Waals surface area (Å²) < 4.78 is 5.62. The molecule has 0 aromatic rings. The van der Waals surface area contributed by atoms with Crippen molar-refractivity contribution in [3.8, 4) is 0 Å². The van der Waals surface area contributed by atoms with Gasteiger partial charge in [0.05, 0.1) is 12.7 Å². The van der Waals surface area contributed by atoms with Gasteiger partial charge >= 0.3 is 0 Å². The summed E-state index contributed by atoms with van der Waals surface area (Å²) in [5, 5.41) is 3.50. The normalized spacial score (nSPS) is 24.9. The molecular formula is C13H30N2O. The molecule has 1 N–H and O–H groups in total. The molecule has 1 heterocycles. The molecule has 0 radical (unpaired) electrons. The average molecular weight is 230 g/mol. The molecule has 1 aliphatic heterocycles. The van der Waals surface area contributed by atoms with Gasteiger partial charge in [0.1, 0.15) is 0 Å². The molecule has 2 fully saturated rings. The van der Waals surface area contributed by atoms with Gasteiger partial charge in [-0.05, 0) is 19.9 Å². The van der Waals surface area contributed by atoms with Crippen LogP contribution in [0.15, 0.2) is 0 Å². The van der Waals surface area contributed by atoms with Gasteiger partial charge in [-0.25, -0.2) is 0 Å². The number of hydrogen-bond acceptors (Lipinski definition) is 3. The van der Waals surface area contributed by atoms with Gasteiger partial charge in [0.15, 0.2) is 0 Å². The maximum atomic E-state index is 5.62. The van der Waals surface area contributed by atoms with E-state index in [9.17, 15) is 0 Å². The van der Waals surface area contributed by atoms with Crippen LogP contribution in [0.25, 0.3) is 0 Å². The van der Waals surface area contributed by atoms with Gasteiger partial charge in [-0.2, -0.15) is 0 Å². The molecular weight excluding hydrogens is 200 g/mol. The molecule has 2 aliphatic rings. The van der Waals surface area contributed by atoms with Crippen molar-refractivity contribution in [1.82, 2.24) is 10.2 Å². The van der Waals surface area contributed by atoms with Gasteiger partial charge in [0.25, 0.3) is 0 Å². The minimum absolute atomic E-state index is 0.421. The molecule has 98 valence electrons. The lowest BCUT2D eigenvalue weighted by Gasteiger charge is -2.30. The van der Waals surface area contributed by atoms with E-state index in [1.807, 2.05) is 27.7 Å². The fraction of sp³-hybridized carbons (Fsp3) is 1.00. The zero-order valence-electron chi connectivity index (χ0n) is 11.8. The van der Waals surface area contributed by atoms with Crippen molar-refractivity contribution in [1.29, 1.82) is 0 Å². The number of ether oxygens (including phenoxy) is 1. The highest BCUT2D eigenvalue weighted by Crippen LogP contribution is 2.18. The Morgan fingerprint density at radius 2 is 1.81 bits per heavy atom. The molecule has 1 atom stereocenters. The van der Waals surface area contributed by atoms with E-state index in [1.165, 1.54) is 12.8 Å². The van der Waals surface area contributed by atoms with E-state index in [-0.39, 0.29) is 0 Å². The van der Waals surface area contributed by atoms with E-state index in [2.05, 4.69) is 17.3 Å². The van der Waals surface area contributed by atoms with Crippen molar-refractivity contribution >= 4 is 0 Å². The van der Waals surface area contributed by atoms with Crippen LogP contribution in [0, 0.1) is 0 Å². The lowest BCUT2D eigenvalue weighted by Crippen LogP contribution is -2.45. The molecule has 0 aromatic carbocycles. The summed E-state index contributed by atoms with van der Waals surface area (Å²) in [6, 6.07) is 0.806. The first-order chi connectivity index (χ1) is 7.84. The van der Waals surface area contributed by atoms with Gasteiger partial charge in [-0.1, -0.05) is 27.7 Å². The van der Waals surface area contributed by atoms with Crippen LogP contribution in [-0.4, -0.2) is 50.3 Å². The number of morpholine rings is 1. The first-order valence-electron chi connectivity index (χ1n) is 6.88. The Labute approximate surface area is 102 Å². The highest BCUT2D eigenvalue weighted by atomic mass is 16.5. The number of likely N-dealkylation sites (N-methyl/N-ethyl adjacent to an activating group) is 1. The first-order valence-corrected chi connectivity index (χ1v) is 6.88. The Bertz CT molecular complexity index is 149. The average Bonchev–Trinajstić information content (AvgIpc) is 3.16. The zero-order chi connectivity index (χ0) is 12.4. The molecule has 1 saturated carbocycles. The molecule has 1 aliphatic carbocycles. The highest BCUT2D eigenvalue weighted by molar-refractivity contribution is 4.83. The van der Waals surface area contributed by atoms with Crippen molar-refractivity contribution in [2.45, 2.75) is 52.7 Å². The smallest absolute Gasteiger partial charge is 0.0826 e. The molecule has 1 saturated heterocycles. The van der Waals surface area contributed by atoms with Crippen LogP contribution in [0.4, 0.5) is 0 Å². The maximum absolute atomic E-state index is 5.62. The van der Waals surface area contributed by atoms with Crippen LogP contribution in [0.5, 0.6) is 0 Å². The van der Waals surface area contributed by atoms with Gasteiger partial charge in [-0.15, -0.1) is 0 Å². The molecule has 3 heteroatoms. The minimum Gasteiger partial charge on any atom is -0.374 e. The first kappa shape index (κ1) is 15.9. The highest BCUT2D eigenvalue weighted by Gasteiger charge is 2.23. The van der Waals surface area contributed by atoms with Gasteiger partial charge in [-0.3, -0.25) is 0 Å². The summed E-state index contributed by atoms with van der Waals surface area (Å²) in [6.45, 7) is 12.1. The van der Waals surface area contributed by atoms with E-state index in [4.69, 9.17) is 4.74 Å². The maximum Gasteiger partial charge on any atom is 0.0826 e. The number of hydrogen-bond donors (Lipinski definition) is 1. The third kappa shape index (κ3) is 7.20. The van der Waals surface area contributed by atoms with E-state index in [0.717, 1.165) is 32.3 Å². The second kappa shape index (κ2) is 10.1. The summed E-state index contributed by atoms with van der Waals surface area (Å²) in [4.78, 5) is 2.34. The predicted molar refractivity (Wildman–Crippen MR) is 71.0 cm³/mol. The number of nitrogens with zero attached hydrogens (tertiary/aromatic N) is 1. The monoisotopic (exact) mass is 230 g/mol. The standard InChI is InChI=1S/C9H18N2O.2C2H6/c1-11-4-5-12-9(7-11)6-10-8-2-3-8;2*1-2/h8-10H,2-7H2,1H3;2*1-2H3. The summed E-state index contributed by atoms with van der Waals surface area (Å²) >= 11 is 0. The molecule has 1 unspecified atom stereocenters. The van der Waals surface area contributed by atoms with Crippen molar-refractivity contribution in [2.24, 2.45) is 0 Å². The Balaban J connectivity index is 0.000000509. The topological polar surface area (TPSA) is 24.5 Å². The molecule has 16 heavy (non-hydrogen) atoms. The molecule has 3 nitrogen and oxygen atoms in total. The van der Waals surface area contributed by atoms with Crippen LogP contribution in [-0.2, 0) is 4.74 Å². The Hall–Kier alpha value is -0.120. The summed E-state index contributed by atoms with van der Waals surface area (Å²) in [5.41, 5.74) is 0. The van der Waals surface area contributed by atoms with Gasteiger partial charge < -0.3 is 15.0 Å². The SMILES string of the molecule is CC.CC.CN1CCOC(CNC2CC2)C1. The molecule has 0 bridgehead atoms. The van der Waals surface area contributed by atoms with Crippen molar-refractivity contribution < 1.29 is 4.74 Å². The predicted octanol–water partition coefficient (Wildman–Crippen LogP) is 2.12. The fourth-order valence-electron chi connectivity index (χ4n) is 1.58. The van der Waals surface area contributed by atoms with Crippen molar-refractivity contribution in [3.63, 3.8) is 0 Å². The van der Waals surface area contributed by atoms with E-state index < -0.39 is 0 Å². The summed E-state index contributed by atoms with van der Waals surface area (Å²) in [5.74, 6) is 0. The van der Waals surface area contributed by atoms with E-state index >= 15 is 0 Å². The third-order valence-corrected chi connectivity index (χ3v) is 2.55. The van der Waals surface area contributed by atoms with Gasteiger partial charge in [0.2, 0.25) is 0 Å². The third-order valence-electron chi connectivity index (χ3n) is 2.55. The van der Waals surface area contributed by atoms with Gasteiger partial charge in [0, 0.05) is 25.7 Å². The Morgan fingerprint density at radius 1 is 1.19 bits per heavy atom. The number of rotatable bonds is 3. The summed E-state index contributed by atoms with van der Waals surface area (Å²) in [7, 11) is 2.16. The lowest BCUT2D eigenvalue weighted by molar-refractivity contribution is -0.0182. The Kier molecular flexibility index (Phi) is 9.99. The molecule has 0 spiro atoms. The van der Waals surface area contributed by atoms with Crippen LogP contribution in [0.2, 0.25) is 0 Å². The Morgan fingerprint density at radius 3 is 2.31 bits per heavy atom. The molecule has 0 amide bonds. The van der Waals surface area contributed by atoms with Crippen LogP contribution in [0.1, 0.15) is 40.5 Å². The van der Waals surface area contributed by atoms with Crippen LogP contribution in [0.3, 0.4) is 0 Å².